The lowest BCUT2D eigenvalue weighted by molar-refractivity contribution is 0.265. The van der Waals surface area contributed by atoms with Gasteiger partial charge in [0, 0.05) is 19.1 Å². The molecule has 112 valence electrons. The van der Waals surface area contributed by atoms with E-state index in [0.29, 0.717) is 37.4 Å². The van der Waals surface area contributed by atoms with Gasteiger partial charge in [-0.15, -0.1) is 0 Å². The maximum atomic E-state index is 12.4. The highest BCUT2D eigenvalue weighted by Gasteiger charge is 2.35. The van der Waals surface area contributed by atoms with Gasteiger partial charge in [-0.25, -0.2) is 0 Å². The second-order valence-corrected chi connectivity index (χ2v) is 7.95. The van der Waals surface area contributed by atoms with Gasteiger partial charge in [0.05, 0.1) is 0 Å². The molecule has 0 bridgehead atoms. The van der Waals surface area contributed by atoms with Gasteiger partial charge in [-0.2, -0.15) is 17.4 Å². The third kappa shape index (κ3) is 3.48. The predicted molar refractivity (Wildman–Crippen MR) is 76.8 cm³/mol. The van der Waals surface area contributed by atoms with Crippen molar-refractivity contribution in [2.75, 3.05) is 19.6 Å². The third-order valence-electron chi connectivity index (χ3n) is 4.92. The van der Waals surface area contributed by atoms with Crippen molar-refractivity contribution in [3.63, 3.8) is 0 Å². The van der Waals surface area contributed by atoms with E-state index in [9.17, 15) is 8.42 Å². The van der Waals surface area contributed by atoms with Crippen molar-refractivity contribution in [2.24, 2.45) is 23.5 Å². The minimum Gasteiger partial charge on any atom is -0.330 e. The van der Waals surface area contributed by atoms with Gasteiger partial charge in [0.2, 0.25) is 0 Å². The van der Waals surface area contributed by atoms with E-state index in [1.807, 2.05) is 0 Å². The first-order valence-electron chi connectivity index (χ1n) is 7.41. The molecule has 1 saturated carbocycles. The third-order valence-corrected chi connectivity index (χ3v) is 6.53. The van der Waals surface area contributed by atoms with Crippen LogP contribution in [0.4, 0.5) is 0 Å². The molecule has 1 saturated heterocycles. The van der Waals surface area contributed by atoms with Crippen molar-refractivity contribution in [1.82, 2.24) is 9.03 Å². The van der Waals surface area contributed by atoms with Crippen molar-refractivity contribution in [3.8, 4) is 0 Å². The van der Waals surface area contributed by atoms with Crippen LogP contribution in [0.2, 0.25) is 0 Å². The molecule has 0 amide bonds. The van der Waals surface area contributed by atoms with Gasteiger partial charge < -0.3 is 5.73 Å². The molecule has 2 fully saturated rings. The number of hydrogen-bond acceptors (Lipinski definition) is 3. The van der Waals surface area contributed by atoms with Crippen LogP contribution >= 0.6 is 0 Å². The highest BCUT2D eigenvalue weighted by Crippen LogP contribution is 2.32. The highest BCUT2D eigenvalue weighted by atomic mass is 32.2. The molecule has 1 heterocycles. The van der Waals surface area contributed by atoms with Crippen LogP contribution in [0.1, 0.15) is 39.5 Å². The van der Waals surface area contributed by atoms with Crippen molar-refractivity contribution in [3.05, 3.63) is 0 Å². The summed E-state index contributed by atoms with van der Waals surface area (Å²) >= 11 is 0. The molecule has 3 N–H and O–H groups in total. The van der Waals surface area contributed by atoms with Crippen LogP contribution in [0.3, 0.4) is 0 Å². The number of piperidine rings is 1. The van der Waals surface area contributed by atoms with Gasteiger partial charge in [-0.1, -0.05) is 13.8 Å². The summed E-state index contributed by atoms with van der Waals surface area (Å²) in [6.07, 6.45) is 4.02. The van der Waals surface area contributed by atoms with E-state index >= 15 is 0 Å². The normalized spacial score (nSPS) is 37.6. The monoisotopic (exact) mass is 289 g/mol. The largest absolute Gasteiger partial charge is 0.330 e. The van der Waals surface area contributed by atoms with Gasteiger partial charge in [0.25, 0.3) is 10.2 Å². The lowest BCUT2D eigenvalue weighted by Gasteiger charge is -2.32. The van der Waals surface area contributed by atoms with E-state index in [4.69, 9.17) is 5.73 Å². The Kier molecular flexibility index (Phi) is 4.87. The summed E-state index contributed by atoms with van der Waals surface area (Å²) < 4.78 is 29.4. The molecule has 1 aliphatic heterocycles. The van der Waals surface area contributed by atoms with Crippen molar-refractivity contribution < 1.29 is 8.42 Å². The fourth-order valence-electron chi connectivity index (χ4n) is 3.23. The van der Waals surface area contributed by atoms with Crippen LogP contribution in [0.25, 0.3) is 0 Å². The number of nitrogens with one attached hydrogen (secondary N) is 1. The summed E-state index contributed by atoms with van der Waals surface area (Å²) in [4.78, 5) is 0. The maximum Gasteiger partial charge on any atom is 0.279 e. The Morgan fingerprint density at radius 1 is 1.26 bits per heavy atom. The van der Waals surface area contributed by atoms with Crippen LogP contribution in [-0.2, 0) is 10.2 Å². The number of nitrogens with zero attached hydrogens (tertiary/aromatic N) is 1. The average Bonchev–Trinajstić information content (AvgIpc) is 2.70. The lowest BCUT2D eigenvalue weighted by atomic mass is 9.98. The van der Waals surface area contributed by atoms with Gasteiger partial charge >= 0.3 is 0 Å². The first-order valence-corrected chi connectivity index (χ1v) is 8.85. The quantitative estimate of drug-likeness (QED) is 0.808. The van der Waals surface area contributed by atoms with Crippen LogP contribution < -0.4 is 10.5 Å². The zero-order valence-electron chi connectivity index (χ0n) is 12.0. The van der Waals surface area contributed by atoms with E-state index in [1.165, 1.54) is 0 Å². The van der Waals surface area contributed by atoms with Gasteiger partial charge in [0.15, 0.2) is 0 Å². The fraction of sp³-hybridized carbons (Fsp3) is 1.00. The fourth-order valence-corrected chi connectivity index (χ4v) is 4.88. The van der Waals surface area contributed by atoms with Crippen molar-refractivity contribution in [2.45, 2.75) is 45.6 Å². The SMILES string of the molecule is CC1CCC(NS(=O)(=O)N2CCCC(CN)C2)C1C. The summed E-state index contributed by atoms with van der Waals surface area (Å²) in [7, 11) is -3.34. The Bertz CT molecular complexity index is 399. The molecule has 1 aliphatic carbocycles. The number of hydrogen-bond donors (Lipinski definition) is 2. The summed E-state index contributed by atoms with van der Waals surface area (Å²) in [6, 6.07) is 0.0956. The minimum absolute atomic E-state index is 0.0956. The molecule has 0 radical (unpaired) electrons. The number of nitrogens with two attached hydrogens (primary N) is 1. The first-order chi connectivity index (χ1) is 8.94. The topological polar surface area (TPSA) is 75.4 Å². The van der Waals surface area contributed by atoms with Crippen LogP contribution in [0.15, 0.2) is 0 Å². The molecule has 0 spiro atoms. The van der Waals surface area contributed by atoms with Crippen LogP contribution in [0, 0.1) is 17.8 Å². The zero-order valence-corrected chi connectivity index (χ0v) is 12.8. The molecule has 19 heavy (non-hydrogen) atoms. The molecule has 6 heteroatoms. The number of rotatable bonds is 4. The van der Waals surface area contributed by atoms with E-state index < -0.39 is 10.2 Å². The molecular weight excluding hydrogens is 262 g/mol. The van der Waals surface area contributed by atoms with Crippen LogP contribution in [0.5, 0.6) is 0 Å². The Balaban J connectivity index is 1.98. The lowest BCUT2D eigenvalue weighted by Crippen LogP contribution is -2.50. The Hall–Kier alpha value is -0.170. The van der Waals surface area contributed by atoms with E-state index in [2.05, 4.69) is 18.6 Å². The second-order valence-electron chi connectivity index (χ2n) is 6.25. The van der Waals surface area contributed by atoms with E-state index in [-0.39, 0.29) is 6.04 Å². The maximum absolute atomic E-state index is 12.4. The Morgan fingerprint density at radius 3 is 2.58 bits per heavy atom. The molecule has 4 unspecified atom stereocenters. The summed E-state index contributed by atoms with van der Waals surface area (Å²) in [6.45, 7) is 6.11. The Labute approximate surface area is 117 Å². The molecule has 2 aliphatic rings. The molecule has 2 rings (SSSR count). The molecule has 0 aromatic carbocycles. The predicted octanol–water partition coefficient (Wildman–Crippen LogP) is 0.926. The molecular formula is C13H27N3O2S. The van der Waals surface area contributed by atoms with Gasteiger partial charge in [-0.05, 0) is 50.0 Å². The summed E-state index contributed by atoms with van der Waals surface area (Å²) in [5.41, 5.74) is 5.67. The molecule has 0 aromatic heterocycles. The first kappa shape index (κ1) is 15.2. The van der Waals surface area contributed by atoms with Crippen LogP contribution in [-0.4, -0.2) is 38.4 Å². The molecule has 0 aromatic rings. The van der Waals surface area contributed by atoms with Crippen molar-refractivity contribution in [1.29, 1.82) is 0 Å². The smallest absolute Gasteiger partial charge is 0.279 e. The summed E-state index contributed by atoms with van der Waals surface area (Å²) in [5.74, 6) is 1.33. The zero-order chi connectivity index (χ0) is 14.0. The Morgan fingerprint density at radius 2 is 2.00 bits per heavy atom. The summed E-state index contributed by atoms with van der Waals surface area (Å²) in [5, 5.41) is 0. The molecule has 5 nitrogen and oxygen atoms in total. The van der Waals surface area contributed by atoms with E-state index in [1.54, 1.807) is 4.31 Å². The highest BCUT2D eigenvalue weighted by molar-refractivity contribution is 7.87. The van der Waals surface area contributed by atoms with Crippen molar-refractivity contribution >= 4 is 10.2 Å². The van der Waals surface area contributed by atoms with E-state index in [0.717, 1.165) is 25.7 Å². The minimum atomic E-state index is -3.34. The standard InChI is InChI=1S/C13H27N3O2S/c1-10-5-6-13(11(10)2)15-19(17,18)16-7-3-4-12(8-14)9-16/h10-13,15H,3-9,14H2,1-2H3. The van der Waals surface area contributed by atoms with Gasteiger partial charge in [0.1, 0.15) is 0 Å². The second kappa shape index (κ2) is 6.08. The van der Waals surface area contributed by atoms with Gasteiger partial charge in [-0.3, -0.25) is 0 Å². The average molecular weight is 289 g/mol. The molecule has 4 atom stereocenters.